The second-order valence-corrected chi connectivity index (χ2v) is 8.54. The molecule has 1 fully saturated rings. The number of fused-ring (bicyclic) bond motifs is 3. The maximum atomic E-state index is 13.3. The highest BCUT2D eigenvalue weighted by Gasteiger charge is 2.52. The molecule has 8 nitrogen and oxygen atoms in total. The topological polar surface area (TPSA) is 87.5 Å². The number of hydrogen-bond donors (Lipinski definition) is 1. The highest BCUT2D eigenvalue weighted by Crippen LogP contribution is 2.44. The zero-order valence-electron chi connectivity index (χ0n) is 18.4. The molecule has 2 aliphatic rings. The van der Waals surface area contributed by atoms with Gasteiger partial charge in [-0.3, -0.25) is 19.3 Å². The molecule has 1 atom stereocenters. The van der Waals surface area contributed by atoms with Crippen LogP contribution >= 0.6 is 0 Å². The minimum absolute atomic E-state index is 0.0235. The number of hydrogen-bond acceptors (Lipinski definition) is 4. The van der Waals surface area contributed by atoms with E-state index < -0.39 is 5.66 Å². The molecular formula is C25H25N5O3. The van der Waals surface area contributed by atoms with Crippen molar-refractivity contribution in [2.45, 2.75) is 38.3 Å². The van der Waals surface area contributed by atoms with E-state index in [1.807, 2.05) is 61.7 Å². The van der Waals surface area contributed by atoms with E-state index in [9.17, 15) is 14.4 Å². The predicted octanol–water partition coefficient (Wildman–Crippen LogP) is 3.59. The molecule has 0 spiro atoms. The van der Waals surface area contributed by atoms with Crippen LogP contribution in [0.5, 0.6) is 0 Å². The molecule has 0 bridgehead atoms. The first kappa shape index (κ1) is 20.9. The molecule has 33 heavy (non-hydrogen) atoms. The molecule has 8 heteroatoms. The average Bonchev–Trinajstić information content (AvgIpc) is 3.45. The number of carbonyl (C=O) groups excluding carboxylic acids is 3. The third-order valence-electron chi connectivity index (χ3n) is 6.46. The molecule has 0 saturated carbocycles. The van der Waals surface area contributed by atoms with Gasteiger partial charge in [0, 0.05) is 31.8 Å². The van der Waals surface area contributed by atoms with Gasteiger partial charge in [0.15, 0.2) is 0 Å². The number of rotatable bonds is 6. The number of aromatic nitrogens is 2. The summed E-state index contributed by atoms with van der Waals surface area (Å²) in [6.45, 7) is 2.33. The van der Waals surface area contributed by atoms with Crippen molar-refractivity contribution in [3.8, 4) is 5.69 Å². The van der Waals surface area contributed by atoms with Gasteiger partial charge in [0.05, 0.1) is 22.6 Å². The fourth-order valence-corrected chi connectivity index (χ4v) is 4.84. The Bertz CT molecular complexity index is 1220. The molecular weight excluding hydrogens is 418 g/mol. The lowest BCUT2D eigenvalue weighted by Crippen LogP contribution is -2.62. The Morgan fingerprint density at radius 2 is 1.82 bits per heavy atom. The molecule has 3 aromatic rings. The van der Waals surface area contributed by atoms with Gasteiger partial charge in [-0.05, 0) is 50.1 Å². The summed E-state index contributed by atoms with van der Waals surface area (Å²) in [7, 11) is 0. The van der Waals surface area contributed by atoms with Crippen LogP contribution in [0.25, 0.3) is 5.69 Å². The van der Waals surface area contributed by atoms with Gasteiger partial charge in [-0.25, -0.2) is 4.68 Å². The number of nitrogens with zero attached hydrogens (tertiary/aromatic N) is 4. The van der Waals surface area contributed by atoms with Crippen LogP contribution in [0.15, 0.2) is 67.0 Å². The SMILES string of the molecule is CC12CCC(=O)N1c1ccccc1C(=O)N2CCCC(=O)Nc1ccccc1-n1cccn1. The van der Waals surface area contributed by atoms with Crippen LogP contribution in [0, 0.1) is 0 Å². The molecule has 5 rings (SSSR count). The molecule has 1 N–H and O–H groups in total. The van der Waals surface area contributed by atoms with E-state index >= 15 is 0 Å². The first-order chi connectivity index (χ1) is 16.0. The minimum atomic E-state index is -0.703. The summed E-state index contributed by atoms with van der Waals surface area (Å²) in [5.41, 5.74) is 1.96. The number of nitrogens with one attached hydrogen (secondary N) is 1. The number of carbonyl (C=O) groups is 3. The molecule has 3 heterocycles. The van der Waals surface area contributed by atoms with Crippen LogP contribution < -0.4 is 10.2 Å². The molecule has 3 amide bonds. The summed E-state index contributed by atoms with van der Waals surface area (Å²) >= 11 is 0. The molecule has 0 aliphatic carbocycles. The maximum Gasteiger partial charge on any atom is 0.257 e. The largest absolute Gasteiger partial charge is 0.324 e. The summed E-state index contributed by atoms with van der Waals surface area (Å²) in [6.07, 6.45) is 5.23. The second kappa shape index (κ2) is 8.20. The Hall–Kier alpha value is -3.94. The highest BCUT2D eigenvalue weighted by atomic mass is 16.2. The van der Waals surface area contributed by atoms with Crippen LogP contribution in [0.1, 0.15) is 43.0 Å². The van der Waals surface area contributed by atoms with E-state index in [4.69, 9.17) is 0 Å². The lowest BCUT2D eigenvalue weighted by atomic mass is 9.98. The van der Waals surface area contributed by atoms with Crippen molar-refractivity contribution in [3.05, 3.63) is 72.6 Å². The number of amides is 3. The van der Waals surface area contributed by atoms with Crippen molar-refractivity contribution in [2.75, 3.05) is 16.8 Å². The van der Waals surface area contributed by atoms with Crippen molar-refractivity contribution in [1.29, 1.82) is 0 Å². The molecule has 2 aromatic carbocycles. The Morgan fingerprint density at radius 1 is 1.06 bits per heavy atom. The monoisotopic (exact) mass is 443 g/mol. The molecule has 1 saturated heterocycles. The van der Waals surface area contributed by atoms with Gasteiger partial charge in [0.2, 0.25) is 11.8 Å². The van der Waals surface area contributed by atoms with Gasteiger partial charge in [0.25, 0.3) is 5.91 Å². The third kappa shape index (κ3) is 3.57. The fourth-order valence-electron chi connectivity index (χ4n) is 4.84. The molecule has 0 radical (unpaired) electrons. The Balaban J connectivity index is 1.28. The Labute approximate surface area is 191 Å². The molecule has 168 valence electrons. The van der Waals surface area contributed by atoms with Crippen molar-refractivity contribution >= 4 is 29.1 Å². The van der Waals surface area contributed by atoms with E-state index in [1.165, 1.54) is 0 Å². The van der Waals surface area contributed by atoms with Gasteiger partial charge < -0.3 is 10.2 Å². The Kier molecular flexibility index (Phi) is 5.20. The zero-order valence-corrected chi connectivity index (χ0v) is 18.4. The predicted molar refractivity (Wildman–Crippen MR) is 124 cm³/mol. The van der Waals surface area contributed by atoms with Crippen molar-refractivity contribution in [1.82, 2.24) is 14.7 Å². The standard InChI is InChI=1S/C25H25N5O3/c1-25-14-13-23(32)30(25)20-10-4-2-8-18(20)24(33)28(25)16-6-12-22(31)27-19-9-3-5-11-21(19)29-17-7-15-26-29/h2-5,7-11,15,17H,6,12-14,16H2,1H3,(H,27,31). The summed E-state index contributed by atoms with van der Waals surface area (Å²) < 4.78 is 1.70. The molecule has 1 unspecified atom stereocenters. The van der Waals surface area contributed by atoms with Crippen LogP contribution in [0.4, 0.5) is 11.4 Å². The van der Waals surface area contributed by atoms with E-state index in [0.29, 0.717) is 42.7 Å². The number of anilines is 2. The summed E-state index contributed by atoms with van der Waals surface area (Å²) in [5, 5.41) is 7.20. The normalized spacial score (nSPS) is 19.4. The first-order valence-electron chi connectivity index (χ1n) is 11.1. The summed E-state index contributed by atoms with van der Waals surface area (Å²) in [6, 6.07) is 16.5. The lowest BCUT2D eigenvalue weighted by Gasteiger charge is -2.48. The van der Waals surface area contributed by atoms with Crippen molar-refractivity contribution in [2.24, 2.45) is 0 Å². The van der Waals surface area contributed by atoms with Gasteiger partial charge in [-0.1, -0.05) is 24.3 Å². The average molecular weight is 444 g/mol. The number of para-hydroxylation sites is 3. The first-order valence-corrected chi connectivity index (χ1v) is 11.1. The molecule has 2 aliphatic heterocycles. The molecule has 1 aromatic heterocycles. The number of benzene rings is 2. The van der Waals surface area contributed by atoms with Gasteiger partial charge >= 0.3 is 0 Å². The van der Waals surface area contributed by atoms with Crippen LogP contribution in [-0.2, 0) is 9.59 Å². The van der Waals surface area contributed by atoms with Gasteiger partial charge in [-0.15, -0.1) is 0 Å². The summed E-state index contributed by atoms with van der Waals surface area (Å²) in [5.74, 6) is -0.206. The van der Waals surface area contributed by atoms with E-state index in [2.05, 4.69) is 10.4 Å². The van der Waals surface area contributed by atoms with Gasteiger partial charge in [-0.2, -0.15) is 5.10 Å². The second-order valence-electron chi connectivity index (χ2n) is 8.54. The fraction of sp³-hybridized carbons (Fsp3) is 0.280. The van der Waals surface area contributed by atoms with E-state index in [-0.39, 0.29) is 24.1 Å². The third-order valence-corrected chi connectivity index (χ3v) is 6.46. The minimum Gasteiger partial charge on any atom is -0.324 e. The Morgan fingerprint density at radius 3 is 2.61 bits per heavy atom. The van der Waals surface area contributed by atoms with Crippen molar-refractivity contribution < 1.29 is 14.4 Å². The highest BCUT2D eigenvalue weighted by molar-refractivity contribution is 6.10. The maximum absolute atomic E-state index is 13.3. The van der Waals surface area contributed by atoms with E-state index in [1.54, 1.807) is 26.7 Å². The lowest BCUT2D eigenvalue weighted by molar-refractivity contribution is -0.118. The van der Waals surface area contributed by atoms with E-state index in [0.717, 1.165) is 5.69 Å². The summed E-state index contributed by atoms with van der Waals surface area (Å²) in [4.78, 5) is 42.2. The zero-order chi connectivity index (χ0) is 23.0. The quantitative estimate of drug-likeness (QED) is 0.631. The van der Waals surface area contributed by atoms with Crippen LogP contribution in [0.3, 0.4) is 0 Å². The van der Waals surface area contributed by atoms with Gasteiger partial charge in [0.1, 0.15) is 5.66 Å². The van der Waals surface area contributed by atoms with Crippen LogP contribution in [-0.4, -0.2) is 44.6 Å². The smallest absolute Gasteiger partial charge is 0.257 e. The van der Waals surface area contributed by atoms with Crippen LogP contribution in [0.2, 0.25) is 0 Å². The van der Waals surface area contributed by atoms with Crippen molar-refractivity contribution in [3.63, 3.8) is 0 Å².